The smallest absolute Gasteiger partial charge is 0.308 e. The van der Waals surface area contributed by atoms with Gasteiger partial charge < -0.3 is 10.1 Å². The van der Waals surface area contributed by atoms with Crippen molar-refractivity contribution in [2.24, 2.45) is 0 Å². The summed E-state index contributed by atoms with van der Waals surface area (Å²) in [6.45, 7) is 1.58. The molecule has 86 valence electrons. The number of ether oxygens (including phenoxy) is 1. The first-order valence-electron chi connectivity index (χ1n) is 4.98. The van der Waals surface area contributed by atoms with Crippen molar-refractivity contribution in [1.29, 1.82) is 0 Å². The third-order valence-electron chi connectivity index (χ3n) is 2.43. The van der Waals surface area contributed by atoms with Crippen molar-refractivity contribution in [1.82, 2.24) is 5.32 Å². The number of halogens is 1. The van der Waals surface area contributed by atoms with E-state index in [0.29, 0.717) is 12.3 Å². The number of nitro benzene ring substituents is 1. The molecule has 2 rings (SSSR count). The van der Waals surface area contributed by atoms with Crippen molar-refractivity contribution >= 4 is 5.69 Å². The fraction of sp³-hybridized carbons (Fsp3) is 0.400. The molecule has 1 aliphatic rings. The number of benzene rings is 1. The lowest BCUT2D eigenvalue weighted by molar-refractivity contribution is -0.387. The van der Waals surface area contributed by atoms with E-state index in [4.69, 9.17) is 4.74 Å². The predicted octanol–water partition coefficient (Wildman–Crippen LogP) is 1.47. The van der Waals surface area contributed by atoms with Gasteiger partial charge in [-0.15, -0.1) is 0 Å². The van der Waals surface area contributed by atoms with Gasteiger partial charge in [-0.25, -0.2) is 0 Å². The van der Waals surface area contributed by atoms with Crippen LogP contribution in [0.25, 0.3) is 0 Å². The molecule has 1 unspecified atom stereocenters. The maximum Gasteiger partial charge on any atom is 0.308 e. The average molecular weight is 226 g/mol. The van der Waals surface area contributed by atoms with E-state index < -0.39 is 16.4 Å². The minimum Gasteiger partial charge on any atom is -0.489 e. The Kier molecular flexibility index (Phi) is 3.00. The molecule has 6 heteroatoms. The summed E-state index contributed by atoms with van der Waals surface area (Å²) in [6.07, 6.45) is 0.857. The lowest BCUT2D eigenvalue weighted by Crippen LogP contribution is -2.19. The van der Waals surface area contributed by atoms with Crippen LogP contribution in [0.5, 0.6) is 5.75 Å². The molecule has 0 aromatic heterocycles. The molecule has 1 aromatic carbocycles. The zero-order valence-electron chi connectivity index (χ0n) is 8.48. The van der Waals surface area contributed by atoms with Crippen molar-refractivity contribution in [3.8, 4) is 5.75 Å². The van der Waals surface area contributed by atoms with Gasteiger partial charge in [-0.2, -0.15) is 4.39 Å². The summed E-state index contributed by atoms with van der Waals surface area (Å²) in [5.41, 5.74) is -0.552. The fourth-order valence-corrected chi connectivity index (χ4v) is 1.63. The van der Waals surface area contributed by atoms with Crippen LogP contribution in [-0.2, 0) is 0 Å². The van der Waals surface area contributed by atoms with E-state index in [0.717, 1.165) is 25.1 Å². The number of rotatable bonds is 3. The Morgan fingerprint density at radius 3 is 3.00 bits per heavy atom. The standard InChI is InChI=1S/C10H11FN2O3/c11-9-2-1-7(5-10(9)13(14)15)16-8-3-4-12-6-8/h1-2,5,8,12H,3-4,6H2. The van der Waals surface area contributed by atoms with Gasteiger partial charge in [-0.1, -0.05) is 0 Å². The van der Waals surface area contributed by atoms with Crippen molar-refractivity contribution < 1.29 is 14.1 Å². The largest absolute Gasteiger partial charge is 0.489 e. The molecule has 0 bridgehead atoms. The third-order valence-corrected chi connectivity index (χ3v) is 2.43. The Balaban J connectivity index is 2.15. The Hall–Kier alpha value is -1.69. The molecule has 0 radical (unpaired) electrons. The van der Waals surface area contributed by atoms with Gasteiger partial charge in [-0.05, 0) is 25.1 Å². The van der Waals surface area contributed by atoms with Gasteiger partial charge in [0.25, 0.3) is 0 Å². The van der Waals surface area contributed by atoms with E-state index >= 15 is 0 Å². The average Bonchev–Trinajstić information content (AvgIpc) is 2.73. The molecule has 1 N–H and O–H groups in total. The zero-order valence-corrected chi connectivity index (χ0v) is 8.48. The molecule has 1 saturated heterocycles. The molecule has 0 aliphatic carbocycles. The second kappa shape index (κ2) is 4.44. The van der Waals surface area contributed by atoms with Crippen LogP contribution in [0.2, 0.25) is 0 Å². The highest BCUT2D eigenvalue weighted by Gasteiger charge is 2.19. The maximum absolute atomic E-state index is 13.0. The maximum atomic E-state index is 13.0. The van der Waals surface area contributed by atoms with Crippen LogP contribution in [0.15, 0.2) is 18.2 Å². The number of nitrogens with zero attached hydrogens (tertiary/aromatic N) is 1. The zero-order chi connectivity index (χ0) is 11.5. The van der Waals surface area contributed by atoms with Gasteiger partial charge in [0, 0.05) is 6.54 Å². The third kappa shape index (κ3) is 2.27. The molecule has 1 heterocycles. The molecular formula is C10H11FN2O3. The van der Waals surface area contributed by atoms with Gasteiger partial charge in [-0.3, -0.25) is 10.1 Å². The van der Waals surface area contributed by atoms with Crippen LogP contribution in [0.1, 0.15) is 6.42 Å². The highest BCUT2D eigenvalue weighted by atomic mass is 19.1. The van der Waals surface area contributed by atoms with Crippen LogP contribution in [0, 0.1) is 15.9 Å². The molecule has 0 amide bonds. The second-order valence-electron chi connectivity index (χ2n) is 3.60. The van der Waals surface area contributed by atoms with Crippen molar-refractivity contribution in [3.63, 3.8) is 0 Å². The number of hydrogen-bond donors (Lipinski definition) is 1. The summed E-state index contributed by atoms with van der Waals surface area (Å²) in [7, 11) is 0. The Bertz CT molecular complexity index is 405. The van der Waals surface area contributed by atoms with Crippen LogP contribution < -0.4 is 10.1 Å². The highest BCUT2D eigenvalue weighted by molar-refractivity contribution is 5.39. The number of nitrogens with one attached hydrogen (secondary N) is 1. The Labute approximate surface area is 91.4 Å². The molecule has 5 nitrogen and oxygen atoms in total. The van der Waals surface area contributed by atoms with Crippen molar-refractivity contribution in [2.75, 3.05) is 13.1 Å². The first-order chi connectivity index (χ1) is 7.66. The van der Waals surface area contributed by atoms with Crippen LogP contribution in [0.3, 0.4) is 0 Å². The van der Waals surface area contributed by atoms with E-state index in [1.165, 1.54) is 6.07 Å². The summed E-state index contributed by atoms with van der Waals surface area (Å²) in [6, 6.07) is 3.57. The summed E-state index contributed by atoms with van der Waals surface area (Å²) in [5, 5.41) is 13.6. The van der Waals surface area contributed by atoms with Crippen LogP contribution in [0.4, 0.5) is 10.1 Å². The van der Waals surface area contributed by atoms with Gasteiger partial charge >= 0.3 is 5.69 Å². The summed E-state index contributed by atoms with van der Waals surface area (Å²) >= 11 is 0. The summed E-state index contributed by atoms with van der Waals surface area (Å²) in [5.74, 6) is -0.510. The van der Waals surface area contributed by atoms with Gasteiger partial charge in [0.2, 0.25) is 5.82 Å². The van der Waals surface area contributed by atoms with Gasteiger partial charge in [0.1, 0.15) is 11.9 Å². The van der Waals surface area contributed by atoms with Crippen LogP contribution in [-0.4, -0.2) is 24.1 Å². The normalized spacial score (nSPS) is 19.7. The lowest BCUT2D eigenvalue weighted by Gasteiger charge is -2.11. The van der Waals surface area contributed by atoms with Crippen LogP contribution >= 0.6 is 0 Å². The molecule has 1 aliphatic heterocycles. The summed E-state index contributed by atoms with van der Waals surface area (Å²) < 4.78 is 18.5. The predicted molar refractivity (Wildman–Crippen MR) is 55.0 cm³/mol. The SMILES string of the molecule is O=[N+]([O-])c1cc(OC2CCNC2)ccc1F. The quantitative estimate of drug-likeness (QED) is 0.626. The lowest BCUT2D eigenvalue weighted by atomic mass is 10.2. The minimum absolute atomic E-state index is 0.00469. The van der Waals surface area contributed by atoms with E-state index in [-0.39, 0.29) is 6.10 Å². The van der Waals surface area contributed by atoms with E-state index in [1.54, 1.807) is 0 Å². The van der Waals surface area contributed by atoms with E-state index in [1.807, 2.05) is 0 Å². The minimum atomic E-state index is -0.845. The molecule has 0 saturated carbocycles. The second-order valence-corrected chi connectivity index (χ2v) is 3.60. The topological polar surface area (TPSA) is 64.4 Å². The Morgan fingerprint density at radius 2 is 2.38 bits per heavy atom. The van der Waals surface area contributed by atoms with Gasteiger partial charge in [0.15, 0.2) is 0 Å². The number of nitro groups is 1. The first-order valence-corrected chi connectivity index (χ1v) is 4.98. The van der Waals surface area contributed by atoms with Crippen molar-refractivity contribution in [2.45, 2.75) is 12.5 Å². The monoisotopic (exact) mass is 226 g/mol. The molecular weight excluding hydrogens is 215 g/mol. The molecule has 1 aromatic rings. The van der Waals surface area contributed by atoms with E-state index in [2.05, 4.69) is 5.32 Å². The molecule has 16 heavy (non-hydrogen) atoms. The molecule has 0 spiro atoms. The fourth-order valence-electron chi connectivity index (χ4n) is 1.63. The molecule has 1 atom stereocenters. The number of hydrogen-bond acceptors (Lipinski definition) is 4. The highest BCUT2D eigenvalue weighted by Crippen LogP contribution is 2.24. The molecule has 1 fully saturated rings. The summed E-state index contributed by atoms with van der Waals surface area (Å²) in [4.78, 5) is 9.75. The Morgan fingerprint density at radius 1 is 1.56 bits per heavy atom. The van der Waals surface area contributed by atoms with E-state index in [9.17, 15) is 14.5 Å². The van der Waals surface area contributed by atoms with Crippen molar-refractivity contribution in [3.05, 3.63) is 34.1 Å². The van der Waals surface area contributed by atoms with Gasteiger partial charge in [0.05, 0.1) is 11.0 Å². The first kappa shape index (κ1) is 10.8.